The van der Waals surface area contributed by atoms with E-state index in [9.17, 15) is 4.79 Å². The van der Waals surface area contributed by atoms with Crippen LogP contribution in [0.2, 0.25) is 0 Å². The van der Waals surface area contributed by atoms with Crippen molar-refractivity contribution in [2.24, 2.45) is 0 Å². The van der Waals surface area contributed by atoms with E-state index < -0.39 is 5.78 Å². The molecule has 0 atom stereocenters. The average Bonchev–Trinajstić information content (AvgIpc) is 2.38. The molecule has 0 N–H and O–H groups in total. The minimum atomic E-state index is -0.391. The van der Waals surface area contributed by atoms with E-state index in [0.717, 1.165) is 5.56 Å². The molecule has 0 fully saturated rings. The maximum atomic E-state index is 11.9. The van der Waals surface area contributed by atoms with Crippen molar-refractivity contribution >= 4 is 28.8 Å². The molecule has 0 unspecified atom stereocenters. The van der Waals surface area contributed by atoms with Crippen LogP contribution >= 0.6 is 12.2 Å². The molecular weight excluding hydrogens is 248 g/mol. The highest BCUT2D eigenvalue weighted by atomic mass is 32.1. The number of nitrogens with zero attached hydrogens (tertiary/aromatic N) is 2. The van der Waals surface area contributed by atoms with Gasteiger partial charge in [0.25, 0.3) is 10.8 Å². The molecule has 0 aliphatic heterocycles. The van der Waals surface area contributed by atoms with Gasteiger partial charge in [-0.05, 0) is 17.8 Å². The Labute approximate surface area is 111 Å². The van der Waals surface area contributed by atoms with Crippen molar-refractivity contribution in [2.75, 3.05) is 6.61 Å². The van der Waals surface area contributed by atoms with Gasteiger partial charge < -0.3 is 10.3 Å². The smallest absolute Gasteiger partial charge is 0.411 e. The third-order valence-corrected chi connectivity index (χ3v) is 2.41. The van der Waals surface area contributed by atoms with Crippen LogP contribution in [-0.2, 0) is 16.0 Å². The van der Waals surface area contributed by atoms with Gasteiger partial charge in [0.15, 0.2) is 0 Å². The molecule has 0 aliphatic rings. The summed E-state index contributed by atoms with van der Waals surface area (Å²) < 4.78 is 5.00. The first-order chi connectivity index (χ1) is 8.69. The largest absolute Gasteiger partial charge is 0.474 e. The lowest BCUT2D eigenvalue weighted by molar-refractivity contribution is -0.116. The maximum Gasteiger partial charge on any atom is 0.411 e. The van der Waals surface area contributed by atoms with Gasteiger partial charge in [0.05, 0.1) is 0 Å². The summed E-state index contributed by atoms with van der Waals surface area (Å²) in [6, 6.07) is 9.11. The zero-order valence-electron chi connectivity index (χ0n) is 9.70. The van der Waals surface area contributed by atoms with Crippen molar-refractivity contribution in [1.82, 2.24) is 0 Å². The summed E-state index contributed by atoms with van der Waals surface area (Å²) in [6.07, 6.45) is 1.60. The second-order valence-electron chi connectivity index (χ2n) is 3.42. The summed E-state index contributed by atoms with van der Waals surface area (Å²) >= 11 is 4.85. The zero-order chi connectivity index (χ0) is 13.4. The Hall–Kier alpha value is -2.10. The molecule has 0 radical (unpaired) electrons. The lowest BCUT2D eigenvalue weighted by atomic mass is 10.1. The Morgan fingerprint density at radius 2 is 2.11 bits per heavy atom. The van der Waals surface area contributed by atoms with Gasteiger partial charge in [-0.3, -0.25) is 4.79 Å². The van der Waals surface area contributed by atoms with Crippen molar-refractivity contribution in [3.05, 3.63) is 54.1 Å². The van der Waals surface area contributed by atoms with Crippen LogP contribution in [0.25, 0.3) is 5.53 Å². The Morgan fingerprint density at radius 1 is 1.44 bits per heavy atom. The van der Waals surface area contributed by atoms with Crippen LogP contribution in [0, 0.1) is 0 Å². The molecule has 0 aromatic heterocycles. The monoisotopic (exact) mass is 260 g/mol. The number of thiocarbonyl (C=S) groups is 1. The van der Waals surface area contributed by atoms with Crippen molar-refractivity contribution in [1.29, 1.82) is 0 Å². The number of hydrogen-bond acceptors (Lipinski definition) is 3. The van der Waals surface area contributed by atoms with Crippen LogP contribution in [-0.4, -0.2) is 27.9 Å². The molecule has 0 amide bonds. The van der Waals surface area contributed by atoms with Crippen LogP contribution in [0.4, 0.5) is 0 Å². The standard InChI is InChI=1S/C13H12N2O2S/c1-2-8-17-13(18)12(15-14)11(16)9-10-6-4-3-5-7-10/h2-7H,1,8-9H2. The van der Waals surface area contributed by atoms with E-state index in [0.29, 0.717) is 0 Å². The molecule has 1 aromatic carbocycles. The second-order valence-corrected chi connectivity index (χ2v) is 3.79. The molecular formula is C13H12N2O2S. The number of ether oxygens (including phenoxy) is 1. The molecule has 1 aromatic rings. The van der Waals surface area contributed by atoms with Gasteiger partial charge in [0, 0.05) is 6.42 Å². The van der Waals surface area contributed by atoms with Gasteiger partial charge in [-0.2, -0.15) is 4.79 Å². The number of carbonyl (C=O) groups is 1. The molecule has 0 saturated carbocycles. The molecule has 0 spiro atoms. The Kier molecular flexibility index (Phi) is 5.64. The van der Waals surface area contributed by atoms with E-state index >= 15 is 0 Å². The molecule has 92 valence electrons. The van der Waals surface area contributed by atoms with Crippen LogP contribution < -0.4 is 0 Å². The van der Waals surface area contributed by atoms with Gasteiger partial charge in [-0.1, -0.05) is 43.0 Å². The van der Waals surface area contributed by atoms with E-state index in [1.54, 1.807) is 12.1 Å². The molecule has 1 rings (SSSR count). The first-order valence-electron chi connectivity index (χ1n) is 5.26. The predicted octanol–water partition coefficient (Wildman–Crippen LogP) is 2.00. The first kappa shape index (κ1) is 14.0. The highest BCUT2D eigenvalue weighted by molar-refractivity contribution is 7.82. The Bertz CT molecular complexity index is 505. The van der Waals surface area contributed by atoms with Gasteiger partial charge >= 0.3 is 5.71 Å². The number of carbonyl (C=O) groups excluding carboxylic acids is 1. The summed E-state index contributed by atoms with van der Waals surface area (Å²) in [4.78, 5) is 14.8. The van der Waals surface area contributed by atoms with Gasteiger partial charge in [-0.25, -0.2) is 0 Å². The maximum absolute atomic E-state index is 11.9. The fourth-order valence-electron chi connectivity index (χ4n) is 1.28. The molecule has 5 heteroatoms. The second kappa shape index (κ2) is 7.27. The fraction of sp³-hybridized carbons (Fsp3) is 0.154. The molecule has 0 aliphatic carbocycles. The number of Topliss-reactive ketones (excluding diaryl/α,β-unsaturated/α-hetero) is 1. The number of benzene rings is 1. The molecule has 0 bridgehead atoms. The normalized spacial score (nSPS) is 9.11. The summed E-state index contributed by atoms with van der Waals surface area (Å²) in [5.74, 6) is -0.391. The van der Waals surface area contributed by atoms with Crippen molar-refractivity contribution in [3.63, 3.8) is 0 Å². The minimum absolute atomic E-state index is 0.109. The van der Waals surface area contributed by atoms with E-state index in [2.05, 4.69) is 11.4 Å². The van der Waals surface area contributed by atoms with E-state index in [1.165, 1.54) is 6.08 Å². The third kappa shape index (κ3) is 4.05. The van der Waals surface area contributed by atoms with Crippen LogP contribution in [0.1, 0.15) is 5.56 Å². The van der Waals surface area contributed by atoms with Crippen molar-refractivity contribution < 1.29 is 14.3 Å². The van der Waals surface area contributed by atoms with Gasteiger partial charge in [0.2, 0.25) is 0 Å². The minimum Gasteiger partial charge on any atom is -0.474 e. The lowest BCUT2D eigenvalue weighted by Crippen LogP contribution is -2.27. The summed E-state index contributed by atoms with van der Waals surface area (Å²) in [5.41, 5.74) is 9.39. The molecule has 0 saturated heterocycles. The predicted molar refractivity (Wildman–Crippen MR) is 72.5 cm³/mol. The Balaban J connectivity index is 2.72. The number of ketones is 1. The van der Waals surface area contributed by atoms with E-state index in [4.69, 9.17) is 22.5 Å². The highest BCUT2D eigenvalue weighted by Crippen LogP contribution is 2.01. The topological polar surface area (TPSA) is 62.7 Å². The fourth-order valence-corrected chi connectivity index (χ4v) is 1.50. The SMILES string of the molecule is C=CCOC(=S)C(=[N+]=[N-])C(=O)Cc1ccccc1. The van der Waals surface area contributed by atoms with Crippen LogP contribution in [0.5, 0.6) is 0 Å². The van der Waals surface area contributed by atoms with Crippen LogP contribution in [0.15, 0.2) is 43.0 Å². The lowest BCUT2D eigenvalue weighted by Gasteiger charge is -2.00. The molecule has 18 heavy (non-hydrogen) atoms. The van der Waals surface area contributed by atoms with E-state index in [1.807, 2.05) is 18.2 Å². The summed E-state index contributed by atoms with van der Waals surface area (Å²) in [5, 5.41) is -0.127. The molecule has 4 nitrogen and oxygen atoms in total. The first-order valence-corrected chi connectivity index (χ1v) is 5.67. The van der Waals surface area contributed by atoms with Gasteiger partial charge in [-0.15, -0.1) is 0 Å². The molecule has 0 heterocycles. The van der Waals surface area contributed by atoms with Crippen molar-refractivity contribution in [3.8, 4) is 0 Å². The van der Waals surface area contributed by atoms with Crippen molar-refractivity contribution in [2.45, 2.75) is 6.42 Å². The number of rotatable bonds is 6. The zero-order valence-corrected chi connectivity index (χ0v) is 10.5. The van der Waals surface area contributed by atoms with Gasteiger partial charge in [0.1, 0.15) is 6.61 Å². The average molecular weight is 260 g/mol. The summed E-state index contributed by atoms with van der Waals surface area (Å²) in [6.45, 7) is 3.62. The third-order valence-electron chi connectivity index (χ3n) is 2.10. The summed E-state index contributed by atoms with van der Waals surface area (Å²) in [7, 11) is 0. The highest BCUT2D eigenvalue weighted by Gasteiger charge is 2.26. The van der Waals surface area contributed by atoms with Crippen LogP contribution in [0.3, 0.4) is 0 Å². The number of hydrogen-bond donors (Lipinski definition) is 0. The quantitative estimate of drug-likeness (QED) is 0.258. The Morgan fingerprint density at radius 3 is 2.67 bits per heavy atom. The van der Waals surface area contributed by atoms with E-state index in [-0.39, 0.29) is 23.8 Å².